The van der Waals surface area contributed by atoms with Crippen LogP contribution >= 0.6 is 0 Å². The van der Waals surface area contributed by atoms with Crippen LogP contribution < -0.4 is 0 Å². The first-order valence-electron chi connectivity index (χ1n) is 8.88. The predicted molar refractivity (Wildman–Crippen MR) is 93.2 cm³/mol. The molecular formula is C16H30N4O3S. The Labute approximate surface area is 145 Å². The van der Waals surface area contributed by atoms with E-state index in [1.54, 1.807) is 0 Å². The smallest absolute Gasteiger partial charge is 0.241 e. The average molecular weight is 359 g/mol. The molecule has 7 nitrogen and oxygen atoms in total. The summed E-state index contributed by atoms with van der Waals surface area (Å²) < 4.78 is 25.3. The lowest BCUT2D eigenvalue weighted by Crippen LogP contribution is -2.66. The number of nitrogens with zero attached hydrogens (tertiary/aromatic N) is 4. The minimum atomic E-state index is -3.32. The van der Waals surface area contributed by atoms with E-state index in [-0.39, 0.29) is 11.4 Å². The summed E-state index contributed by atoms with van der Waals surface area (Å²) in [7, 11) is 0.980. The van der Waals surface area contributed by atoms with Gasteiger partial charge in [-0.15, -0.1) is 0 Å². The van der Waals surface area contributed by atoms with Crippen molar-refractivity contribution in [1.82, 2.24) is 19.0 Å². The Kier molecular flexibility index (Phi) is 4.94. The van der Waals surface area contributed by atoms with E-state index < -0.39 is 16.1 Å². The maximum Gasteiger partial charge on any atom is 0.241 e. The lowest BCUT2D eigenvalue weighted by atomic mass is 9.83. The van der Waals surface area contributed by atoms with Crippen molar-refractivity contribution in [3.8, 4) is 0 Å². The van der Waals surface area contributed by atoms with Crippen molar-refractivity contribution in [1.29, 1.82) is 0 Å². The van der Waals surface area contributed by atoms with Crippen molar-refractivity contribution in [3.05, 3.63) is 0 Å². The van der Waals surface area contributed by atoms with Crippen molar-refractivity contribution in [3.63, 3.8) is 0 Å². The highest BCUT2D eigenvalue weighted by molar-refractivity contribution is 7.88. The highest BCUT2D eigenvalue weighted by Gasteiger charge is 2.45. The Morgan fingerprint density at radius 2 is 1.71 bits per heavy atom. The number of carbonyl (C=O) groups excluding carboxylic acids is 1. The molecule has 0 aromatic rings. The van der Waals surface area contributed by atoms with Gasteiger partial charge < -0.3 is 9.80 Å². The van der Waals surface area contributed by atoms with Crippen LogP contribution in [0, 0.1) is 0 Å². The largest absolute Gasteiger partial charge is 0.338 e. The Hall–Kier alpha value is -0.700. The minimum absolute atomic E-state index is 0.00401. The number of piperazine rings is 1. The summed E-state index contributed by atoms with van der Waals surface area (Å²) in [6.45, 7) is 4.85. The molecule has 0 N–H and O–H groups in total. The van der Waals surface area contributed by atoms with Crippen LogP contribution in [-0.4, -0.2) is 105 Å². The summed E-state index contributed by atoms with van der Waals surface area (Å²) >= 11 is 0. The molecule has 1 amide bonds. The van der Waals surface area contributed by atoms with Gasteiger partial charge in [0.2, 0.25) is 15.9 Å². The van der Waals surface area contributed by atoms with E-state index >= 15 is 0 Å². The van der Waals surface area contributed by atoms with E-state index in [0.717, 1.165) is 45.4 Å². The molecule has 3 aliphatic heterocycles. The summed E-state index contributed by atoms with van der Waals surface area (Å²) in [5.41, 5.74) is 0.0505. The Morgan fingerprint density at radius 3 is 2.33 bits per heavy atom. The molecule has 1 spiro atoms. The van der Waals surface area contributed by atoms with Gasteiger partial charge in [-0.2, -0.15) is 4.31 Å². The van der Waals surface area contributed by atoms with Crippen molar-refractivity contribution in [2.45, 2.75) is 37.3 Å². The Balaban J connectivity index is 1.74. The summed E-state index contributed by atoms with van der Waals surface area (Å²) in [4.78, 5) is 19.7. The number of carbonyl (C=O) groups is 1. The van der Waals surface area contributed by atoms with Gasteiger partial charge >= 0.3 is 0 Å². The summed E-state index contributed by atoms with van der Waals surface area (Å²) in [6, 6.07) is -0.494. The van der Waals surface area contributed by atoms with E-state index in [2.05, 4.69) is 23.9 Å². The number of likely N-dealkylation sites (tertiary alicyclic amines) is 1. The molecule has 0 saturated carbocycles. The zero-order valence-electron chi connectivity index (χ0n) is 15.1. The fourth-order valence-corrected chi connectivity index (χ4v) is 5.54. The molecule has 3 fully saturated rings. The van der Waals surface area contributed by atoms with Gasteiger partial charge in [0.15, 0.2) is 0 Å². The van der Waals surface area contributed by atoms with Crippen molar-refractivity contribution in [2.75, 3.05) is 59.6 Å². The topological polar surface area (TPSA) is 64.2 Å². The third kappa shape index (κ3) is 3.34. The molecule has 24 heavy (non-hydrogen) atoms. The monoisotopic (exact) mass is 358 g/mol. The van der Waals surface area contributed by atoms with Crippen LogP contribution in [0.15, 0.2) is 0 Å². The molecule has 1 atom stereocenters. The highest BCUT2D eigenvalue weighted by Crippen LogP contribution is 2.32. The maximum atomic E-state index is 13.0. The molecular weight excluding hydrogens is 328 g/mol. The van der Waals surface area contributed by atoms with E-state index in [1.165, 1.54) is 10.6 Å². The van der Waals surface area contributed by atoms with Gasteiger partial charge in [-0.25, -0.2) is 8.42 Å². The van der Waals surface area contributed by atoms with Crippen molar-refractivity contribution >= 4 is 15.9 Å². The van der Waals surface area contributed by atoms with Crippen LogP contribution in [0.25, 0.3) is 0 Å². The minimum Gasteiger partial charge on any atom is -0.338 e. The normalized spacial score (nSPS) is 30.1. The second-order valence-electron chi connectivity index (χ2n) is 7.74. The fraction of sp³-hybridized carbons (Fsp3) is 0.938. The molecule has 8 heteroatoms. The molecule has 0 bridgehead atoms. The first-order valence-corrected chi connectivity index (χ1v) is 10.7. The molecule has 0 aliphatic carbocycles. The summed E-state index contributed by atoms with van der Waals surface area (Å²) in [5.74, 6) is 0.00401. The molecule has 3 aliphatic rings. The van der Waals surface area contributed by atoms with Gasteiger partial charge in [0.1, 0.15) is 6.04 Å². The third-order valence-corrected chi connectivity index (χ3v) is 7.43. The number of hydrogen-bond acceptors (Lipinski definition) is 5. The van der Waals surface area contributed by atoms with E-state index in [9.17, 15) is 13.2 Å². The molecule has 0 unspecified atom stereocenters. The quantitative estimate of drug-likeness (QED) is 0.675. The van der Waals surface area contributed by atoms with Crippen LogP contribution in [0.4, 0.5) is 0 Å². The molecule has 3 heterocycles. The molecule has 3 rings (SSSR count). The fourth-order valence-electron chi connectivity index (χ4n) is 4.42. The number of likely N-dealkylation sites (N-methyl/N-ethyl adjacent to an activating group) is 1. The van der Waals surface area contributed by atoms with Crippen LogP contribution in [0.3, 0.4) is 0 Å². The van der Waals surface area contributed by atoms with Crippen molar-refractivity contribution in [2.24, 2.45) is 0 Å². The lowest BCUT2D eigenvalue weighted by molar-refractivity contribution is -0.141. The predicted octanol–water partition coefficient (Wildman–Crippen LogP) is -0.351. The second-order valence-corrected chi connectivity index (χ2v) is 9.68. The van der Waals surface area contributed by atoms with Crippen LogP contribution in [-0.2, 0) is 14.8 Å². The van der Waals surface area contributed by atoms with Crippen LogP contribution in [0.5, 0.6) is 0 Å². The average Bonchev–Trinajstić information content (AvgIpc) is 3.02. The van der Waals surface area contributed by atoms with E-state index in [0.29, 0.717) is 19.5 Å². The Bertz CT molecular complexity index is 586. The number of piperidine rings is 1. The molecule has 0 aromatic heterocycles. The summed E-state index contributed by atoms with van der Waals surface area (Å²) in [6.07, 6.45) is 4.75. The van der Waals surface area contributed by atoms with Gasteiger partial charge in [0, 0.05) is 31.7 Å². The highest BCUT2D eigenvalue weighted by atomic mass is 32.2. The first kappa shape index (κ1) is 18.1. The van der Waals surface area contributed by atoms with Gasteiger partial charge in [-0.05, 0) is 52.9 Å². The third-order valence-electron chi connectivity index (χ3n) is 6.14. The standard InChI is InChI=1S/C16H30N4O3S/c1-17-9-6-16(7-10-17)13-19(12-11-18(16)2)15(21)14-5-4-8-20(14)24(3,22)23/h14H,4-13H2,1-3H3/t14-/m0/s1. The molecule has 0 aromatic carbocycles. The lowest BCUT2D eigenvalue weighted by Gasteiger charge is -2.53. The zero-order valence-corrected chi connectivity index (χ0v) is 15.9. The molecule has 3 saturated heterocycles. The first-order chi connectivity index (χ1) is 11.2. The molecule has 0 radical (unpaired) electrons. The van der Waals surface area contributed by atoms with Gasteiger partial charge in [0.05, 0.1) is 6.26 Å². The second kappa shape index (κ2) is 6.55. The maximum absolute atomic E-state index is 13.0. The van der Waals surface area contributed by atoms with E-state index in [4.69, 9.17) is 0 Å². The van der Waals surface area contributed by atoms with Gasteiger partial charge in [-0.1, -0.05) is 0 Å². The number of amides is 1. The summed E-state index contributed by atoms with van der Waals surface area (Å²) in [5, 5.41) is 0. The number of hydrogen-bond donors (Lipinski definition) is 0. The van der Waals surface area contributed by atoms with Gasteiger partial charge in [0.25, 0.3) is 0 Å². The van der Waals surface area contributed by atoms with Crippen molar-refractivity contribution < 1.29 is 13.2 Å². The number of rotatable bonds is 2. The van der Waals surface area contributed by atoms with E-state index in [1.807, 2.05) is 4.90 Å². The van der Waals surface area contributed by atoms with Crippen LogP contribution in [0.1, 0.15) is 25.7 Å². The SMILES string of the molecule is CN1CCC2(CC1)CN(C(=O)[C@@H]1CCCN1S(C)(=O)=O)CCN2C. The van der Waals surface area contributed by atoms with Gasteiger partial charge in [-0.3, -0.25) is 9.69 Å². The Morgan fingerprint density at radius 1 is 1.04 bits per heavy atom. The molecule has 138 valence electrons. The van der Waals surface area contributed by atoms with Crippen LogP contribution in [0.2, 0.25) is 0 Å². The number of sulfonamides is 1. The zero-order chi connectivity index (χ0) is 17.5.